The molecule has 0 saturated carbocycles. The summed E-state index contributed by atoms with van der Waals surface area (Å²) in [6.45, 7) is 8.82. The van der Waals surface area contributed by atoms with E-state index in [1.807, 2.05) is 0 Å². The van der Waals surface area contributed by atoms with Gasteiger partial charge in [0.25, 0.3) is 0 Å². The first-order valence-corrected chi connectivity index (χ1v) is 10.1. The molecule has 1 unspecified atom stereocenters. The Morgan fingerprint density at radius 2 is 1.74 bits per heavy atom. The topological polar surface area (TPSA) is 3.24 Å². The van der Waals surface area contributed by atoms with Crippen molar-refractivity contribution in [3.05, 3.63) is 95.2 Å². The summed E-state index contributed by atoms with van der Waals surface area (Å²) in [5.74, 6) is 0.538. The van der Waals surface area contributed by atoms with Crippen LogP contribution in [0.4, 0.5) is 0 Å². The van der Waals surface area contributed by atoms with Crippen LogP contribution in [0.5, 0.6) is 0 Å². The quantitative estimate of drug-likeness (QED) is 0.658. The van der Waals surface area contributed by atoms with Crippen molar-refractivity contribution in [2.75, 3.05) is 6.54 Å². The lowest BCUT2D eigenvalue weighted by Crippen LogP contribution is -2.23. The Kier molecular flexibility index (Phi) is 5.07. The fourth-order valence-electron chi connectivity index (χ4n) is 4.42. The Balaban J connectivity index is 1.74. The number of hydrogen-bond acceptors (Lipinski definition) is 1. The second-order valence-corrected chi connectivity index (χ2v) is 8.09. The van der Waals surface area contributed by atoms with Crippen LogP contribution < -0.4 is 0 Å². The van der Waals surface area contributed by atoms with E-state index in [0.717, 1.165) is 25.9 Å². The Morgan fingerprint density at radius 1 is 1.04 bits per heavy atom. The molecule has 0 spiro atoms. The summed E-state index contributed by atoms with van der Waals surface area (Å²) >= 11 is 0. The third-order valence-electron chi connectivity index (χ3n) is 5.78. The summed E-state index contributed by atoms with van der Waals surface area (Å²) in [5.41, 5.74) is 9.89. The number of fused-ring (bicyclic) bond motifs is 1. The van der Waals surface area contributed by atoms with E-state index in [1.165, 1.54) is 39.8 Å². The first-order valence-electron chi connectivity index (χ1n) is 10.1. The molecule has 4 rings (SSSR count). The Hall–Kier alpha value is -2.48. The monoisotopic (exact) mass is 353 g/mol. The molecule has 2 aromatic rings. The lowest BCUT2D eigenvalue weighted by molar-refractivity contribution is 0.344. The molecule has 0 radical (unpaired) electrons. The van der Waals surface area contributed by atoms with Gasteiger partial charge in [0, 0.05) is 19.3 Å². The molecule has 0 saturated heterocycles. The minimum Gasteiger partial charge on any atom is -0.373 e. The molecule has 1 heterocycles. The zero-order valence-electron chi connectivity index (χ0n) is 16.5. The SMILES string of the molecule is BC(C)C1=C(C2=CN(Cc3ccccc3)CCC2)c2ccccc2C(=C)C1. The maximum atomic E-state index is 4.37. The highest BCUT2D eigenvalue weighted by molar-refractivity contribution is 6.15. The number of rotatable bonds is 4. The van der Waals surface area contributed by atoms with E-state index in [-0.39, 0.29) is 0 Å². The van der Waals surface area contributed by atoms with Crippen LogP contribution in [0.25, 0.3) is 11.1 Å². The van der Waals surface area contributed by atoms with Crippen LogP contribution in [0, 0.1) is 0 Å². The molecule has 2 heteroatoms. The fourth-order valence-corrected chi connectivity index (χ4v) is 4.42. The molecule has 0 N–H and O–H groups in total. The van der Waals surface area contributed by atoms with E-state index in [2.05, 4.69) is 87.0 Å². The van der Waals surface area contributed by atoms with Gasteiger partial charge < -0.3 is 4.90 Å². The number of allylic oxidation sites excluding steroid dienone is 4. The second kappa shape index (κ2) is 7.64. The Labute approximate surface area is 164 Å². The van der Waals surface area contributed by atoms with Crippen LogP contribution in [0.3, 0.4) is 0 Å². The fraction of sp³-hybridized carbons (Fsp3) is 0.280. The Bertz CT molecular complexity index is 905. The first kappa shape index (κ1) is 17.9. The average Bonchev–Trinajstić information content (AvgIpc) is 2.69. The summed E-state index contributed by atoms with van der Waals surface area (Å²) in [4.78, 5) is 2.49. The predicted octanol–water partition coefficient (Wildman–Crippen LogP) is 5.48. The maximum absolute atomic E-state index is 4.37. The van der Waals surface area contributed by atoms with Gasteiger partial charge >= 0.3 is 0 Å². The maximum Gasteiger partial charge on any atom is 0.110 e. The summed E-state index contributed by atoms with van der Waals surface area (Å²) in [6.07, 6.45) is 5.81. The van der Waals surface area contributed by atoms with Crippen LogP contribution in [-0.4, -0.2) is 19.3 Å². The molecule has 0 aromatic heterocycles. The molecule has 2 aromatic carbocycles. The second-order valence-electron chi connectivity index (χ2n) is 8.09. The molecule has 1 aliphatic heterocycles. The molecule has 0 amide bonds. The lowest BCUT2D eigenvalue weighted by atomic mass is 9.70. The van der Waals surface area contributed by atoms with Crippen LogP contribution in [0.2, 0.25) is 5.82 Å². The summed E-state index contributed by atoms with van der Waals surface area (Å²) in [5, 5.41) is 0. The van der Waals surface area contributed by atoms with Gasteiger partial charge in [-0.3, -0.25) is 0 Å². The zero-order valence-corrected chi connectivity index (χ0v) is 16.5. The predicted molar refractivity (Wildman–Crippen MR) is 119 cm³/mol. The van der Waals surface area contributed by atoms with Crippen molar-refractivity contribution in [1.82, 2.24) is 4.90 Å². The molecule has 136 valence electrons. The van der Waals surface area contributed by atoms with Gasteiger partial charge in [0.1, 0.15) is 7.85 Å². The van der Waals surface area contributed by atoms with Crippen LogP contribution in [-0.2, 0) is 6.54 Å². The van der Waals surface area contributed by atoms with Gasteiger partial charge in [0.15, 0.2) is 0 Å². The van der Waals surface area contributed by atoms with Crippen molar-refractivity contribution in [1.29, 1.82) is 0 Å². The molecule has 2 aliphatic rings. The highest BCUT2D eigenvalue weighted by atomic mass is 15.1. The molecular weight excluding hydrogens is 325 g/mol. The minimum absolute atomic E-state index is 0.538. The molecule has 1 aliphatic carbocycles. The largest absolute Gasteiger partial charge is 0.373 e. The summed E-state index contributed by atoms with van der Waals surface area (Å²) in [6, 6.07) is 19.6. The zero-order chi connectivity index (χ0) is 18.8. The number of benzene rings is 2. The molecule has 1 atom stereocenters. The van der Waals surface area contributed by atoms with E-state index in [0.29, 0.717) is 5.82 Å². The summed E-state index contributed by atoms with van der Waals surface area (Å²) in [7, 11) is 2.32. The molecule has 0 bridgehead atoms. The standard InChI is InChI=1S/C25H28BN/c1-18-15-24(19(2)26)25(23-13-7-6-12-22(18)23)21-11-8-14-27(17-21)16-20-9-4-3-5-10-20/h3-7,9-10,12-13,17,19H,1,8,11,14-16,26H2,2H3. The van der Waals surface area contributed by atoms with Gasteiger partial charge in [-0.1, -0.05) is 79.5 Å². The number of hydrogen-bond donors (Lipinski definition) is 0. The van der Waals surface area contributed by atoms with Crippen molar-refractivity contribution in [3.8, 4) is 0 Å². The van der Waals surface area contributed by atoms with Gasteiger partial charge in [-0.25, -0.2) is 0 Å². The van der Waals surface area contributed by atoms with Gasteiger partial charge in [0.05, 0.1) is 0 Å². The highest BCUT2D eigenvalue weighted by Crippen LogP contribution is 2.45. The van der Waals surface area contributed by atoms with E-state index in [9.17, 15) is 0 Å². The van der Waals surface area contributed by atoms with Gasteiger partial charge in [-0.15, -0.1) is 0 Å². The van der Waals surface area contributed by atoms with Crippen molar-refractivity contribution in [2.24, 2.45) is 0 Å². The minimum atomic E-state index is 0.538. The third-order valence-corrected chi connectivity index (χ3v) is 5.78. The molecule has 27 heavy (non-hydrogen) atoms. The average molecular weight is 353 g/mol. The van der Waals surface area contributed by atoms with Crippen LogP contribution in [0.15, 0.2) is 78.5 Å². The van der Waals surface area contributed by atoms with Gasteiger partial charge in [0.2, 0.25) is 0 Å². The first-order chi connectivity index (χ1) is 13.1. The highest BCUT2D eigenvalue weighted by Gasteiger charge is 2.26. The third kappa shape index (κ3) is 3.67. The van der Waals surface area contributed by atoms with Crippen molar-refractivity contribution < 1.29 is 0 Å². The molecular formula is C25H28BN. The smallest absolute Gasteiger partial charge is 0.110 e. The van der Waals surface area contributed by atoms with Crippen molar-refractivity contribution in [3.63, 3.8) is 0 Å². The lowest BCUT2D eigenvalue weighted by Gasteiger charge is -2.33. The van der Waals surface area contributed by atoms with E-state index >= 15 is 0 Å². The van der Waals surface area contributed by atoms with Crippen LogP contribution >= 0.6 is 0 Å². The van der Waals surface area contributed by atoms with Gasteiger partial charge in [-0.05, 0) is 52.7 Å². The van der Waals surface area contributed by atoms with Crippen LogP contribution in [0.1, 0.15) is 42.9 Å². The Morgan fingerprint density at radius 3 is 2.48 bits per heavy atom. The number of nitrogens with zero attached hydrogens (tertiary/aromatic N) is 1. The van der Waals surface area contributed by atoms with Gasteiger partial charge in [-0.2, -0.15) is 0 Å². The summed E-state index contributed by atoms with van der Waals surface area (Å²) < 4.78 is 0. The molecule has 0 fully saturated rings. The normalized spacial score (nSPS) is 18.2. The van der Waals surface area contributed by atoms with Crippen molar-refractivity contribution >= 4 is 19.0 Å². The molecule has 1 nitrogen and oxygen atoms in total. The van der Waals surface area contributed by atoms with Crippen molar-refractivity contribution in [2.45, 2.75) is 38.5 Å². The van der Waals surface area contributed by atoms with E-state index < -0.39 is 0 Å². The van der Waals surface area contributed by atoms with E-state index in [4.69, 9.17) is 0 Å². The van der Waals surface area contributed by atoms with E-state index in [1.54, 1.807) is 5.57 Å².